The van der Waals surface area contributed by atoms with Crippen LogP contribution in [-0.2, 0) is 9.53 Å². The number of carbonyl (C=O) groups excluding carboxylic acids is 1. The Morgan fingerprint density at radius 3 is 2.09 bits per heavy atom. The number of benzene rings is 1. The highest BCUT2D eigenvalue weighted by Gasteiger charge is 2.35. The van der Waals surface area contributed by atoms with Crippen molar-refractivity contribution in [3.8, 4) is 5.75 Å². The molecule has 0 heterocycles. The van der Waals surface area contributed by atoms with Crippen molar-refractivity contribution in [3.63, 3.8) is 0 Å². The van der Waals surface area contributed by atoms with Gasteiger partial charge in [-0.2, -0.15) is 0 Å². The number of esters is 1. The normalized spacial score (nSPS) is 31.8. The zero-order valence-electron chi connectivity index (χ0n) is 21.2. The molecule has 4 rings (SSSR count). The third-order valence-corrected chi connectivity index (χ3v) is 8.93. The summed E-state index contributed by atoms with van der Waals surface area (Å²) in [6.45, 7) is 4.27. The second kappa shape index (κ2) is 12.0. The minimum Gasteiger partial charge on any atom is -0.491 e. The molecule has 3 nitrogen and oxygen atoms in total. The summed E-state index contributed by atoms with van der Waals surface area (Å²) in [7, 11) is 0. The van der Waals surface area contributed by atoms with E-state index in [2.05, 4.69) is 6.92 Å². The topological polar surface area (TPSA) is 35.5 Å². The van der Waals surface area contributed by atoms with E-state index in [1.54, 1.807) is 13.0 Å². The van der Waals surface area contributed by atoms with Gasteiger partial charge < -0.3 is 9.47 Å². The molecule has 0 saturated heterocycles. The third kappa shape index (κ3) is 6.35. The van der Waals surface area contributed by atoms with Crippen LogP contribution in [-0.4, -0.2) is 18.7 Å². The maximum absolute atomic E-state index is 14.7. The number of rotatable bonds is 7. The van der Waals surface area contributed by atoms with Gasteiger partial charge >= 0.3 is 5.97 Å². The van der Waals surface area contributed by atoms with Gasteiger partial charge in [0.05, 0.1) is 18.1 Å². The quantitative estimate of drug-likeness (QED) is 0.357. The molecule has 0 bridgehead atoms. The molecule has 35 heavy (non-hydrogen) atoms. The average molecular weight is 495 g/mol. The smallest absolute Gasteiger partial charge is 0.309 e. The monoisotopic (exact) mass is 494 g/mol. The van der Waals surface area contributed by atoms with Crippen molar-refractivity contribution < 1.29 is 27.4 Å². The highest BCUT2D eigenvalue weighted by atomic mass is 19.3. The molecule has 0 atom stereocenters. The van der Waals surface area contributed by atoms with Crippen molar-refractivity contribution in [2.24, 2.45) is 23.7 Å². The van der Waals surface area contributed by atoms with E-state index in [0.717, 1.165) is 43.4 Å². The summed E-state index contributed by atoms with van der Waals surface area (Å²) >= 11 is 0. The van der Waals surface area contributed by atoms with Gasteiger partial charge in [-0.05, 0) is 106 Å². The molecule has 0 radical (unpaired) electrons. The van der Waals surface area contributed by atoms with E-state index in [4.69, 9.17) is 9.47 Å². The highest BCUT2D eigenvalue weighted by molar-refractivity contribution is 5.72. The number of halogens is 3. The molecule has 0 aliphatic heterocycles. The molecule has 0 N–H and O–H groups in total. The lowest BCUT2D eigenvalue weighted by Gasteiger charge is -2.37. The Morgan fingerprint density at radius 2 is 1.51 bits per heavy atom. The minimum atomic E-state index is -2.90. The van der Waals surface area contributed by atoms with Gasteiger partial charge in [0, 0.05) is 0 Å². The van der Waals surface area contributed by atoms with Crippen LogP contribution in [0.5, 0.6) is 5.75 Å². The first kappa shape index (κ1) is 26.3. The first-order chi connectivity index (χ1) is 16.9. The van der Waals surface area contributed by atoms with E-state index in [-0.39, 0.29) is 36.3 Å². The summed E-state index contributed by atoms with van der Waals surface area (Å²) < 4.78 is 53.2. The van der Waals surface area contributed by atoms with Crippen LogP contribution in [0.2, 0.25) is 0 Å². The fraction of sp³-hybridized carbons (Fsp3) is 0.759. The molecule has 6 heteroatoms. The Bertz CT molecular complexity index is 834. The number of hydrogen-bond acceptors (Lipinski definition) is 3. The molecule has 3 aliphatic rings. The summed E-state index contributed by atoms with van der Waals surface area (Å²) in [5.41, 5.74) is -0.179. The Labute approximate surface area is 208 Å². The average Bonchev–Trinajstić information content (AvgIpc) is 2.86. The van der Waals surface area contributed by atoms with Crippen LogP contribution in [0.1, 0.15) is 114 Å². The number of hydrogen-bond donors (Lipinski definition) is 0. The van der Waals surface area contributed by atoms with Gasteiger partial charge in [-0.1, -0.05) is 25.8 Å². The molecular weight excluding hydrogens is 453 g/mol. The maximum atomic E-state index is 14.7. The number of alkyl halides is 2. The van der Waals surface area contributed by atoms with Gasteiger partial charge in [0.25, 0.3) is 6.43 Å². The van der Waals surface area contributed by atoms with E-state index in [0.29, 0.717) is 31.2 Å². The molecule has 3 fully saturated rings. The summed E-state index contributed by atoms with van der Waals surface area (Å²) in [4.78, 5) is 12.8. The molecule has 0 unspecified atom stereocenters. The van der Waals surface area contributed by atoms with E-state index >= 15 is 0 Å². The third-order valence-electron chi connectivity index (χ3n) is 8.93. The van der Waals surface area contributed by atoms with E-state index in [1.807, 2.05) is 0 Å². The molecule has 1 aromatic carbocycles. The van der Waals surface area contributed by atoms with Crippen molar-refractivity contribution in [2.45, 2.75) is 109 Å². The van der Waals surface area contributed by atoms with Crippen LogP contribution in [0.4, 0.5) is 13.2 Å². The van der Waals surface area contributed by atoms with Crippen LogP contribution >= 0.6 is 0 Å². The van der Waals surface area contributed by atoms with Crippen LogP contribution in [0.25, 0.3) is 0 Å². The first-order valence-electron chi connectivity index (χ1n) is 13.8. The van der Waals surface area contributed by atoms with Crippen molar-refractivity contribution in [2.75, 3.05) is 6.61 Å². The SMILES string of the molecule is CCOc1ccc(C2CCC(OC(=O)C3CCC(C4CCC(C)CC4)CC3)CC2)c(C(F)F)c1F. The fourth-order valence-corrected chi connectivity index (χ4v) is 6.77. The minimum absolute atomic E-state index is 0.00266. The van der Waals surface area contributed by atoms with Crippen LogP contribution in [0.3, 0.4) is 0 Å². The lowest BCUT2D eigenvalue weighted by Crippen LogP contribution is -2.32. The molecular formula is C29H41F3O3. The van der Waals surface area contributed by atoms with E-state index < -0.39 is 17.8 Å². The Balaban J connectivity index is 1.26. The first-order valence-corrected chi connectivity index (χ1v) is 13.8. The Kier molecular flexibility index (Phi) is 9.04. The number of carbonyl (C=O) groups is 1. The second-order valence-electron chi connectivity index (χ2n) is 11.2. The zero-order chi connectivity index (χ0) is 24.9. The molecule has 3 saturated carbocycles. The predicted molar refractivity (Wildman–Crippen MR) is 130 cm³/mol. The van der Waals surface area contributed by atoms with Gasteiger partial charge in [-0.3, -0.25) is 4.79 Å². The van der Waals surface area contributed by atoms with Crippen LogP contribution in [0.15, 0.2) is 12.1 Å². The Hall–Kier alpha value is -1.72. The lowest BCUT2D eigenvalue weighted by atomic mass is 9.69. The molecule has 3 aliphatic carbocycles. The van der Waals surface area contributed by atoms with Gasteiger partial charge in [-0.15, -0.1) is 0 Å². The predicted octanol–water partition coefficient (Wildman–Crippen LogP) is 8.36. The van der Waals surface area contributed by atoms with Gasteiger partial charge in [0.15, 0.2) is 11.6 Å². The maximum Gasteiger partial charge on any atom is 0.309 e. The highest BCUT2D eigenvalue weighted by Crippen LogP contribution is 2.43. The van der Waals surface area contributed by atoms with Crippen molar-refractivity contribution in [1.82, 2.24) is 0 Å². The summed E-state index contributed by atoms with van der Waals surface area (Å²) in [6, 6.07) is 3.04. The molecule has 0 aromatic heterocycles. The largest absolute Gasteiger partial charge is 0.491 e. The fourth-order valence-electron chi connectivity index (χ4n) is 6.77. The second-order valence-corrected chi connectivity index (χ2v) is 11.2. The summed E-state index contributed by atoms with van der Waals surface area (Å²) in [5, 5.41) is 0. The Morgan fingerprint density at radius 1 is 0.914 bits per heavy atom. The van der Waals surface area contributed by atoms with Crippen molar-refractivity contribution in [1.29, 1.82) is 0 Å². The standard InChI is InChI=1S/C29H41F3O3/c1-3-34-25-17-16-24(26(27(25)30)28(31)32)21-12-14-23(15-13-21)35-29(33)22-10-8-20(9-11-22)19-6-4-18(2)5-7-19/h16-23,28H,3-15H2,1-2H3. The zero-order valence-corrected chi connectivity index (χ0v) is 21.2. The van der Waals surface area contributed by atoms with Gasteiger partial charge in [0.1, 0.15) is 6.10 Å². The number of ether oxygens (including phenoxy) is 2. The molecule has 196 valence electrons. The molecule has 0 amide bonds. The summed E-state index contributed by atoms with van der Waals surface area (Å²) in [6.07, 6.45) is 8.90. The van der Waals surface area contributed by atoms with Crippen LogP contribution in [0, 0.1) is 29.5 Å². The molecule has 0 spiro atoms. The van der Waals surface area contributed by atoms with E-state index in [1.165, 1.54) is 31.7 Å². The van der Waals surface area contributed by atoms with Crippen molar-refractivity contribution >= 4 is 5.97 Å². The van der Waals surface area contributed by atoms with Gasteiger partial charge in [-0.25, -0.2) is 13.2 Å². The van der Waals surface area contributed by atoms with Gasteiger partial charge in [0.2, 0.25) is 0 Å². The van der Waals surface area contributed by atoms with E-state index in [9.17, 15) is 18.0 Å². The molecule has 1 aromatic rings. The lowest BCUT2D eigenvalue weighted by molar-refractivity contribution is -0.157. The van der Waals surface area contributed by atoms with Crippen LogP contribution < -0.4 is 4.74 Å². The van der Waals surface area contributed by atoms with Crippen molar-refractivity contribution in [3.05, 3.63) is 29.1 Å². The summed E-state index contributed by atoms with van der Waals surface area (Å²) in [5.74, 6) is 1.15.